The van der Waals surface area contributed by atoms with Crippen LogP contribution in [0.15, 0.2) is 54.7 Å². The SMILES string of the molecule is O=C(O)c1c(Cc2ccccc2)nc2ccccn12. The molecule has 94 valence electrons. The van der Waals surface area contributed by atoms with Crippen LogP contribution in [0.4, 0.5) is 0 Å². The summed E-state index contributed by atoms with van der Waals surface area (Å²) in [6.45, 7) is 0. The Morgan fingerprint density at radius 2 is 1.84 bits per heavy atom. The van der Waals surface area contributed by atoms with Gasteiger partial charge >= 0.3 is 5.97 Å². The molecule has 19 heavy (non-hydrogen) atoms. The number of nitrogens with zero attached hydrogens (tertiary/aromatic N) is 2. The minimum Gasteiger partial charge on any atom is -0.477 e. The number of aromatic carboxylic acids is 1. The minimum absolute atomic E-state index is 0.236. The molecule has 3 aromatic rings. The molecule has 0 bridgehead atoms. The minimum atomic E-state index is -0.954. The molecular formula is C15H12N2O2. The van der Waals surface area contributed by atoms with Gasteiger partial charge in [-0.2, -0.15) is 0 Å². The first-order valence-electron chi connectivity index (χ1n) is 5.99. The van der Waals surface area contributed by atoms with Gasteiger partial charge in [0.1, 0.15) is 5.65 Å². The van der Waals surface area contributed by atoms with Gasteiger partial charge in [0.15, 0.2) is 5.69 Å². The molecule has 2 aromatic heterocycles. The Bertz CT molecular complexity index is 732. The zero-order valence-electron chi connectivity index (χ0n) is 10.2. The first kappa shape index (κ1) is 11.5. The summed E-state index contributed by atoms with van der Waals surface area (Å²) in [6, 6.07) is 15.2. The van der Waals surface area contributed by atoms with E-state index in [4.69, 9.17) is 0 Å². The van der Waals surface area contributed by atoms with Gasteiger partial charge in [0.2, 0.25) is 0 Å². The normalized spacial score (nSPS) is 10.7. The van der Waals surface area contributed by atoms with Crippen molar-refractivity contribution in [2.45, 2.75) is 6.42 Å². The monoisotopic (exact) mass is 252 g/mol. The predicted molar refractivity (Wildman–Crippen MR) is 71.4 cm³/mol. The molecule has 3 rings (SSSR count). The summed E-state index contributed by atoms with van der Waals surface area (Å²) in [5.74, 6) is -0.954. The van der Waals surface area contributed by atoms with Crippen molar-refractivity contribution in [2.75, 3.05) is 0 Å². The maximum Gasteiger partial charge on any atom is 0.354 e. The number of carboxylic acids is 1. The average Bonchev–Trinajstić information content (AvgIpc) is 2.77. The Balaban J connectivity index is 2.13. The van der Waals surface area contributed by atoms with Gasteiger partial charge in [-0.15, -0.1) is 0 Å². The maximum atomic E-state index is 11.4. The highest BCUT2D eigenvalue weighted by atomic mass is 16.4. The van der Waals surface area contributed by atoms with E-state index in [0.29, 0.717) is 17.8 Å². The molecule has 1 aromatic carbocycles. The van der Waals surface area contributed by atoms with Crippen molar-refractivity contribution >= 4 is 11.6 Å². The molecule has 0 saturated carbocycles. The van der Waals surface area contributed by atoms with Gasteiger partial charge in [0.05, 0.1) is 5.69 Å². The number of imidazole rings is 1. The fraction of sp³-hybridized carbons (Fsp3) is 0.0667. The predicted octanol–water partition coefficient (Wildman–Crippen LogP) is 2.62. The van der Waals surface area contributed by atoms with Crippen LogP contribution in [0.1, 0.15) is 21.7 Å². The van der Waals surface area contributed by atoms with Gasteiger partial charge in [-0.25, -0.2) is 9.78 Å². The van der Waals surface area contributed by atoms with Crippen LogP contribution >= 0.6 is 0 Å². The second-order valence-corrected chi connectivity index (χ2v) is 4.30. The van der Waals surface area contributed by atoms with Crippen LogP contribution in [0.5, 0.6) is 0 Å². The highest BCUT2D eigenvalue weighted by molar-refractivity contribution is 5.88. The molecule has 0 spiro atoms. The maximum absolute atomic E-state index is 11.4. The van der Waals surface area contributed by atoms with E-state index in [1.807, 2.05) is 36.4 Å². The summed E-state index contributed by atoms with van der Waals surface area (Å²) < 4.78 is 1.61. The van der Waals surface area contributed by atoms with E-state index >= 15 is 0 Å². The topological polar surface area (TPSA) is 54.6 Å². The lowest BCUT2D eigenvalue weighted by molar-refractivity contribution is 0.0688. The van der Waals surface area contributed by atoms with Crippen LogP contribution < -0.4 is 0 Å². The molecule has 0 saturated heterocycles. The molecule has 0 aliphatic carbocycles. The summed E-state index contributed by atoms with van der Waals surface area (Å²) >= 11 is 0. The number of carboxylic acid groups (broad SMARTS) is 1. The van der Waals surface area contributed by atoms with Crippen LogP contribution in [-0.4, -0.2) is 20.5 Å². The lowest BCUT2D eigenvalue weighted by Crippen LogP contribution is -2.05. The van der Waals surface area contributed by atoms with E-state index in [9.17, 15) is 9.90 Å². The first-order valence-corrected chi connectivity index (χ1v) is 5.99. The molecular weight excluding hydrogens is 240 g/mol. The number of carbonyl (C=O) groups is 1. The molecule has 0 radical (unpaired) electrons. The van der Waals surface area contributed by atoms with Crippen molar-refractivity contribution in [2.24, 2.45) is 0 Å². The molecule has 0 atom stereocenters. The zero-order chi connectivity index (χ0) is 13.2. The van der Waals surface area contributed by atoms with Gasteiger partial charge in [0.25, 0.3) is 0 Å². The highest BCUT2D eigenvalue weighted by Crippen LogP contribution is 2.16. The quantitative estimate of drug-likeness (QED) is 0.779. The number of aromatic nitrogens is 2. The molecule has 4 heteroatoms. The number of pyridine rings is 1. The van der Waals surface area contributed by atoms with E-state index in [1.165, 1.54) is 0 Å². The summed E-state index contributed by atoms with van der Waals surface area (Å²) in [4.78, 5) is 15.8. The number of hydrogen-bond donors (Lipinski definition) is 1. The number of rotatable bonds is 3. The highest BCUT2D eigenvalue weighted by Gasteiger charge is 2.18. The van der Waals surface area contributed by atoms with Crippen molar-refractivity contribution in [1.82, 2.24) is 9.38 Å². The fourth-order valence-electron chi connectivity index (χ4n) is 2.18. The Kier molecular flexibility index (Phi) is 2.76. The van der Waals surface area contributed by atoms with Crippen LogP contribution in [0.2, 0.25) is 0 Å². The van der Waals surface area contributed by atoms with Crippen molar-refractivity contribution in [1.29, 1.82) is 0 Å². The Morgan fingerprint density at radius 3 is 2.58 bits per heavy atom. The summed E-state index contributed by atoms with van der Waals surface area (Å²) in [5.41, 5.74) is 2.53. The largest absolute Gasteiger partial charge is 0.477 e. The summed E-state index contributed by atoms with van der Waals surface area (Å²) in [7, 11) is 0. The molecule has 0 amide bonds. The summed E-state index contributed by atoms with van der Waals surface area (Å²) in [5, 5.41) is 9.37. The van der Waals surface area contributed by atoms with E-state index in [1.54, 1.807) is 22.7 Å². The summed E-state index contributed by atoms with van der Waals surface area (Å²) in [6.07, 6.45) is 2.24. The molecule has 0 aliphatic rings. The lowest BCUT2D eigenvalue weighted by atomic mass is 10.1. The number of fused-ring (bicyclic) bond motifs is 1. The van der Waals surface area contributed by atoms with E-state index in [2.05, 4.69) is 4.98 Å². The molecule has 2 heterocycles. The fourth-order valence-corrected chi connectivity index (χ4v) is 2.18. The Hall–Kier alpha value is -2.62. The van der Waals surface area contributed by atoms with Crippen molar-refractivity contribution in [3.63, 3.8) is 0 Å². The van der Waals surface area contributed by atoms with Gasteiger partial charge in [0, 0.05) is 12.6 Å². The molecule has 1 N–H and O–H groups in total. The van der Waals surface area contributed by atoms with Crippen molar-refractivity contribution < 1.29 is 9.90 Å². The van der Waals surface area contributed by atoms with Gasteiger partial charge in [-0.05, 0) is 17.7 Å². The van der Waals surface area contributed by atoms with Crippen molar-refractivity contribution in [3.8, 4) is 0 Å². The number of benzene rings is 1. The third-order valence-corrected chi connectivity index (χ3v) is 3.02. The van der Waals surface area contributed by atoms with Crippen LogP contribution in [0.25, 0.3) is 5.65 Å². The van der Waals surface area contributed by atoms with E-state index < -0.39 is 5.97 Å². The van der Waals surface area contributed by atoms with Crippen LogP contribution in [0.3, 0.4) is 0 Å². The van der Waals surface area contributed by atoms with Crippen LogP contribution in [-0.2, 0) is 6.42 Å². The molecule has 0 aliphatic heterocycles. The number of hydrogen-bond acceptors (Lipinski definition) is 2. The van der Waals surface area contributed by atoms with Gasteiger partial charge < -0.3 is 5.11 Å². The first-order chi connectivity index (χ1) is 9.25. The second-order valence-electron chi connectivity index (χ2n) is 4.30. The van der Waals surface area contributed by atoms with Gasteiger partial charge in [-0.3, -0.25) is 4.40 Å². The van der Waals surface area contributed by atoms with E-state index in [-0.39, 0.29) is 5.69 Å². The van der Waals surface area contributed by atoms with Crippen LogP contribution in [0, 0.1) is 0 Å². The average molecular weight is 252 g/mol. The standard InChI is InChI=1S/C15H12N2O2/c18-15(19)14-12(10-11-6-2-1-3-7-11)16-13-8-4-5-9-17(13)14/h1-9H,10H2,(H,18,19). The Morgan fingerprint density at radius 1 is 1.11 bits per heavy atom. The third kappa shape index (κ3) is 2.08. The lowest BCUT2D eigenvalue weighted by Gasteiger charge is -2.00. The second kappa shape index (κ2) is 4.57. The van der Waals surface area contributed by atoms with Gasteiger partial charge in [-0.1, -0.05) is 36.4 Å². The van der Waals surface area contributed by atoms with Crippen molar-refractivity contribution in [3.05, 3.63) is 71.7 Å². The molecule has 0 fully saturated rings. The Labute approximate surface area is 110 Å². The third-order valence-electron chi connectivity index (χ3n) is 3.02. The zero-order valence-corrected chi connectivity index (χ0v) is 10.2. The molecule has 4 nitrogen and oxygen atoms in total. The smallest absolute Gasteiger partial charge is 0.354 e. The molecule has 0 unspecified atom stereocenters. The van der Waals surface area contributed by atoms with E-state index in [0.717, 1.165) is 5.56 Å².